The first kappa shape index (κ1) is 15.3. The van der Waals surface area contributed by atoms with Crippen LogP contribution in [0.25, 0.3) is 0 Å². The van der Waals surface area contributed by atoms with Crippen LogP contribution in [0, 0.1) is 5.41 Å². The summed E-state index contributed by atoms with van der Waals surface area (Å²) in [6.07, 6.45) is 2.53. The van der Waals surface area contributed by atoms with Crippen molar-refractivity contribution in [1.82, 2.24) is 10.2 Å². The van der Waals surface area contributed by atoms with Crippen LogP contribution < -0.4 is 5.32 Å². The highest BCUT2D eigenvalue weighted by atomic mass is 16.5. The van der Waals surface area contributed by atoms with Gasteiger partial charge in [-0.1, -0.05) is 6.92 Å². The number of carbonyl (C=O) groups is 2. The number of likely N-dealkylation sites (tertiary alicyclic amines) is 1. The largest absolute Gasteiger partial charge is 0.480 e. The molecule has 0 spiro atoms. The molecule has 2 aliphatic heterocycles. The van der Waals surface area contributed by atoms with Gasteiger partial charge in [0.25, 0.3) is 0 Å². The fraction of sp³-hybridized carbons (Fsp3) is 0.857. The SMILES string of the molecule is CCC1(C(=O)N2CC(OC)CC2C(=O)O)CCNCC1. The van der Waals surface area contributed by atoms with E-state index in [0.717, 1.165) is 32.4 Å². The minimum Gasteiger partial charge on any atom is -0.480 e. The van der Waals surface area contributed by atoms with Crippen LogP contribution in [0.15, 0.2) is 0 Å². The molecule has 2 heterocycles. The van der Waals surface area contributed by atoms with Gasteiger partial charge in [-0.3, -0.25) is 4.79 Å². The number of nitrogens with one attached hydrogen (secondary N) is 1. The van der Waals surface area contributed by atoms with Crippen LogP contribution in [0.1, 0.15) is 32.6 Å². The molecule has 2 aliphatic rings. The van der Waals surface area contributed by atoms with E-state index < -0.39 is 17.4 Å². The van der Waals surface area contributed by atoms with Crippen molar-refractivity contribution in [3.8, 4) is 0 Å². The van der Waals surface area contributed by atoms with E-state index in [0.29, 0.717) is 13.0 Å². The number of hydrogen-bond acceptors (Lipinski definition) is 4. The predicted molar refractivity (Wildman–Crippen MR) is 73.4 cm³/mol. The lowest BCUT2D eigenvalue weighted by Crippen LogP contribution is -2.52. The molecule has 1 amide bonds. The first-order valence-electron chi connectivity index (χ1n) is 7.31. The minimum absolute atomic E-state index is 0.00606. The first-order valence-corrected chi connectivity index (χ1v) is 7.31. The number of amides is 1. The first-order chi connectivity index (χ1) is 9.54. The number of carboxylic acid groups (broad SMARTS) is 1. The minimum atomic E-state index is -0.932. The number of hydrogen-bond donors (Lipinski definition) is 2. The summed E-state index contributed by atoms with van der Waals surface area (Å²) < 4.78 is 5.26. The summed E-state index contributed by atoms with van der Waals surface area (Å²) in [4.78, 5) is 25.8. The van der Waals surface area contributed by atoms with E-state index in [1.54, 1.807) is 7.11 Å². The van der Waals surface area contributed by atoms with Crippen LogP contribution in [-0.2, 0) is 14.3 Å². The molecule has 114 valence electrons. The van der Waals surface area contributed by atoms with Crippen LogP contribution in [0.2, 0.25) is 0 Å². The van der Waals surface area contributed by atoms with Crippen molar-refractivity contribution in [3.63, 3.8) is 0 Å². The topological polar surface area (TPSA) is 78.9 Å². The van der Waals surface area contributed by atoms with Crippen LogP contribution in [-0.4, -0.2) is 60.8 Å². The molecule has 2 atom stereocenters. The predicted octanol–water partition coefficient (Wildman–Crippen LogP) is 0.467. The van der Waals surface area contributed by atoms with Crippen molar-refractivity contribution in [2.75, 3.05) is 26.7 Å². The maximum Gasteiger partial charge on any atom is 0.326 e. The number of carbonyl (C=O) groups excluding carboxylic acids is 1. The summed E-state index contributed by atoms with van der Waals surface area (Å²) in [5.74, 6) is -0.938. The lowest BCUT2D eigenvalue weighted by atomic mass is 9.75. The highest BCUT2D eigenvalue weighted by Crippen LogP contribution is 2.37. The highest BCUT2D eigenvalue weighted by molar-refractivity contribution is 5.88. The molecular formula is C14H24N2O4. The van der Waals surface area contributed by atoms with E-state index in [1.165, 1.54) is 4.90 Å². The van der Waals surface area contributed by atoms with Gasteiger partial charge in [0.1, 0.15) is 6.04 Å². The number of carboxylic acids is 1. The number of ether oxygens (including phenoxy) is 1. The van der Waals surface area contributed by atoms with Crippen molar-refractivity contribution >= 4 is 11.9 Å². The summed E-state index contributed by atoms with van der Waals surface area (Å²) in [5.41, 5.74) is -0.401. The molecule has 0 bridgehead atoms. The Kier molecular flexibility index (Phi) is 4.65. The molecule has 0 aromatic rings. The van der Waals surface area contributed by atoms with E-state index in [1.807, 2.05) is 6.92 Å². The Morgan fingerprint density at radius 2 is 2.05 bits per heavy atom. The number of methoxy groups -OCH3 is 1. The molecule has 2 fully saturated rings. The maximum atomic E-state index is 12.9. The number of rotatable bonds is 4. The van der Waals surface area contributed by atoms with E-state index in [9.17, 15) is 14.7 Å². The Morgan fingerprint density at radius 1 is 1.40 bits per heavy atom. The quantitative estimate of drug-likeness (QED) is 0.784. The monoisotopic (exact) mass is 284 g/mol. The van der Waals surface area contributed by atoms with E-state index in [4.69, 9.17) is 4.74 Å². The molecule has 0 radical (unpaired) electrons. The second-order valence-corrected chi connectivity index (χ2v) is 5.79. The van der Waals surface area contributed by atoms with Gasteiger partial charge >= 0.3 is 5.97 Å². The van der Waals surface area contributed by atoms with Crippen molar-refractivity contribution in [1.29, 1.82) is 0 Å². The number of aliphatic carboxylic acids is 1. The Morgan fingerprint density at radius 3 is 2.55 bits per heavy atom. The van der Waals surface area contributed by atoms with Crippen LogP contribution >= 0.6 is 0 Å². The van der Waals surface area contributed by atoms with Gasteiger partial charge < -0.3 is 20.1 Å². The molecule has 0 saturated carbocycles. The molecule has 6 nitrogen and oxygen atoms in total. The summed E-state index contributed by atoms with van der Waals surface area (Å²) >= 11 is 0. The molecular weight excluding hydrogens is 260 g/mol. The number of nitrogens with zero attached hydrogens (tertiary/aromatic N) is 1. The van der Waals surface area contributed by atoms with Gasteiger partial charge in [0.05, 0.1) is 11.5 Å². The molecule has 2 N–H and O–H groups in total. The lowest BCUT2D eigenvalue weighted by Gasteiger charge is -2.39. The molecule has 2 rings (SSSR count). The Labute approximate surface area is 119 Å². The normalized spacial score (nSPS) is 29.4. The van der Waals surface area contributed by atoms with Crippen LogP contribution in [0.4, 0.5) is 0 Å². The Hall–Kier alpha value is -1.14. The fourth-order valence-corrected chi connectivity index (χ4v) is 3.36. The second kappa shape index (κ2) is 6.10. The third-order valence-electron chi connectivity index (χ3n) is 4.83. The van der Waals surface area contributed by atoms with Gasteiger partial charge in [0.2, 0.25) is 5.91 Å². The average molecular weight is 284 g/mol. The van der Waals surface area contributed by atoms with Gasteiger partial charge in [-0.2, -0.15) is 0 Å². The van der Waals surface area contributed by atoms with Gasteiger partial charge in [0.15, 0.2) is 0 Å². The standard InChI is InChI=1S/C14H24N2O4/c1-3-14(4-6-15-7-5-14)13(19)16-9-10(20-2)8-11(16)12(17)18/h10-11,15H,3-9H2,1-2H3,(H,17,18). The zero-order valence-corrected chi connectivity index (χ0v) is 12.2. The maximum absolute atomic E-state index is 12.9. The number of piperidine rings is 1. The third-order valence-corrected chi connectivity index (χ3v) is 4.83. The molecule has 2 saturated heterocycles. The van der Waals surface area contributed by atoms with E-state index in [-0.39, 0.29) is 12.0 Å². The zero-order valence-electron chi connectivity index (χ0n) is 12.2. The Bertz CT molecular complexity index is 379. The van der Waals surface area contributed by atoms with Crippen molar-refractivity contribution < 1.29 is 19.4 Å². The molecule has 0 aromatic carbocycles. The highest BCUT2D eigenvalue weighted by Gasteiger charge is 2.47. The summed E-state index contributed by atoms with van der Waals surface area (Å²) in [7, 11) is 1.57. The second-order valence-electron chi connectivity index (χ2n) is 5.79. The van der Waals surface area contributed by atoms with Crippen LogP contribution in [0.5, 0.6) is 0 Å². The van der Waals surface area contributed by atoms with Crippen LogP contribution in [0.3, 0.4) is 0 Å². The summed E-state index contributed by atoms with van der Waals surface area (Å²) in [6, 6.07) is -0.745. The lowest BCUT2D eigenvalue weighted by molar-refractivity contribution is -0.154. The smallest absolute Gasteiger partial charge is 0.326 e. The molecule has 20 heavy (non-hydrogen) atoms. The molecule has 2 unspecified atom stereocenters. The third kappa shape index (κ3) is 2.67. The average Bonchev–Trinajstić information content (AvgIpc) is 2.91. The summed E-state index contributed by atoms with van der Waals surface area (Å²) in [6.45, 7) is 4.04. The summed E-state index contributed by atoms with van der Waals surface area (Å²) in [5, 5.41) is 12.6. The Balaban J connectivity index is 2.19. The molecule has 6 heteroatoms. The van der Waals surface area contributed by atoms with Gasteiger partial charge in [-0.25, -0.2) is 4.79 Å². The van der Waals surface area contributed by atoms with Crippen molar-refractivity contribution in [2.24, 2.45) is 5.41 Å². The van der Waals surface area contributed by atoms with Gasteiger partial charge in [-0.05, 0) is 32.4 Å². The molecule has 0 aromatic heterocycles. The van der Waals surface area contributed by atoms with Crippen molar-refractivity contribution in [2.45, 2.75) is 44.8 Å². The zero-order chi connectivity index (χ0) is 14.8. The van der Waals surface area contributed by atoms with E-state index >= 15 is 0 Å². The van der Waals surface area contributed by atoms with Gasteiger partial charge in [-0.15, -0.1) is 0 Å². The van der Waals surface area contributed by atoms with E-state index in [2.05, 4.69) is 5.32 Å². The van der Waals surface area contributed by atoms with Gasteiger partial charge in [0, 0.05) is 20.1 Å². The molecule has 0 aliphatic carbocycles. The fourth-order valence-electron chi connectivity index (χ4n) is 3.36. The van der Waals surface area contributed by atoms with Crippen molar-refractivity contribution in [3.05, 3.63) is 0 Å².